The number of nitrogens with zero attached hydrogens (tertiary/aromatic N) is 1. The SMILES string of the molecule is Cc1cc(C)c(S(=O)(=O)NC(Cc2ccccc2)C(=O)N(C)Cc2ccccc2)c(C)c1. The first-order valence-electron chi connectivity index (χ1n) is 10.6. The molecule has 0 aromatic heterocycles. The lowest BCUT2D eigenvalue weighted by Crippen LogP contribution is -2.48. The van der Waals surface area contributed by atoms with Gasteiger partial charge in [0.05, 0.1) is 4.90 Å². The van der Waals surface area contributed by atoms with Crippen molar-refractivity contribution in [1.29, 1.82) is 0 Å². The molecule has 6 heteroatoms. The molecule has 3 aromatic rings. The van der Waals surface area contributed by atoms with E-state index < -0.39 is 16.1 Å². The molecule has 0 fully saturated rings. The largest absolute Gasteiger partial charge is 0.340 e. The van der Waals surface area contributed by atoms with Crippen molar-refractivity contribution >= 4 is 15.9 Å². The molecule has 0 aliphatic rings. The van der Waals surface area contributed by atoms with E-state index in [-0.39, 0.29) is 17.2 Å². The lowest BCUT2D eigenvalue weighted by molar-refractivity contribution is -0.132. The van der Waals surface area contributed by atoms with Crippen molar-refractivity contribution in [2.75, 3.05) is 7.05 Å². The highest BCUT2D eigenvalue weighted by Crippen LogP contribution is 2.22. The molecule has 1 amide bonds. The number of hydrogen-bond donors (Lipinski definition) is 1. The molecular formula is C26H30N2O3S. The van der Waals surface area contributed by atoms with Gasteiger partial charge in [-0.25, -0.2) is 8.42 Å². The molecule has 1 N–H and O–H groups in total. The van der Waals surface area contributed by atoms with Crippen LogP contribution in [0.5, 0.6) is 0 Å². The van der Waals surface area contributed by atoms with Crippen LogP contribution in [-0.4, -0.2) is 32.3 Å². The Bertz CT molecular complexity index is 1150. The number of nitrogens with one attached hydrogen (secondary N) is 1. The van der Waals surface area contributed by atoms with E-state index in [2.05, 4.69) is 4.72 Å². The Hall–Kier alpha value is -2.96. The summed E-state index contributed by atoms with van der Waals surface area (Å²) in [5, 5.41) is 0. The van der Waals surface area contributed by atoms with E-state index in [9.17, 15) is 13.2 Å². The molecule has 0 spiro atoms. The summed E-state index contributed by atoms with van der Waals surface area (Å²) in [5.74, 6) is -0.274. The lowest BCUT2D eigenvalue weighted by atomic mass is 10.1. The minimum atomic E-state index is -3.91. The molecule has 0 radical (unpaired) electrons. The van der Waals surface area contributed by atoms with Crippen molar-refractivity contribution in [3.05, 3.63) is 101 Å². The van der Waals surface area contributed by atoms with E-state index in [1.165, 1.54) is 0 Å². The van der Waals surface area contributed by atoms with Gasteiger partial charge < -0.3 is 4.90 Å². The van der Waals surface area contributed by atoms with Crippen LogP contribution in [0.25, 0.3) is 0 Å². The first kappa shape index (κ1) is 23.7. The van der Waals surface area contributed by atoms with Crippen LogP contribution >= 0.6 is 0 Å². The number of carbonyl (C=O) groups excluding carboxylic acids is 1. The summed E-state index contributed by atoms with van der Waals surface area (Å²) in [4.78, 5) is 15.2. The van der Waals surface area contributed by atoms with E-state index in [4.69, 9.17) is 0 Å². The maximum absolute atomic E-state index is 13.4. The molecule has 5 nitrogen and oxygen atoms in total. The van der Waals surface area contributed by atoms with Crippen LogP contribution in [0.15, 0.2) is 77.7 Å². The third-order valence-corrected chi connectivity index (χ3v) is 7.17. The lowest BCUT2D eigenvalue weighted by Gasteiger charge is -2.25. The molecule has 1 unspecified atom stereocenters. The topological polar surface area (TPSA) is 66.5 Å². The highest BCUT2D eigenvalue weighted by molar-refractivity contribution is 7.89. The standard InChI is InChI=1S/C26H30N2O3S/c1-19-15-20(2)25(21(3)16-19)32(30,31)27-24(17-22-11-7-5-8-12-22)26(29)28(4)18-23-13-9-6-10-14-23/h5-16,24,27H,17-18H2,1-4H3. The van der Waals surface area contributed by atoms with E-state index in [1.807, 2.05) is 79.7 Å². The first-order valence-corrected chi connectivity index (χ1v) is 12.1. The van der Waals surface area contributed by atoms with Gasteiger partial charge in [0.25, 0.3) is 0 Å². The Morgan fingerprint density at radius 2 is 1.38 bits per heavy atom. The Morgan fingerprint density at radius 1 is 0.875 bits per heavy atom. The summed E-state index contributed by atoms with van der Waals surface area (Å²) >= 11 is 0. The smallest absolute Gasteiger partial charge is 0.241 e. The molecule has 0 aliphatic carbocycles. The van der Waals surface area contributed by atoms with Crippen LogP contribution in [-0.2, 0) is 27.8 Å². The fourth-order valence-electron chi connectivity index (χ4n) is 4.07. The Kier molecular flexibility index (Phi) is 7.48. The molecule has 0 saturated heterocycles. The van der Waals surface area contributed by atoms with Gasteiger partial charge in [0.2, 0.25) is 15.9 Å². The van der Waals surface area contributed by atoms with Crippen molar-refractivity contribution in [2.24, 2.45) is 0 Å². The maximum Gasteiger partial charge on any atom is 0.241 e. The van der Waals surface area contributed by atoms with Crippen molar-refractivity contribution in [2.45, 2.75) is 44.7 Å². The van der Waals surface area contributed by atoms with E-state index >= 15 is 0 Å². The van der Waals surface area contributed by atoms with Crippen LogP contribution in [0.1, 0.15) is 27.8 Å². The third kappa shape index (κ3) is 5.84. The Balaban J connectivity index is 1.91. The van der Waals surface area contributed by atoms with Gasteiger partial charge in [-0.05, 0) is 49.4 Å². The van der Waals surface area contributed by atoms with Gasteiger partial charge in [-0.3, -0.25) is 4.79 Å². The van der Waals surface area contributed by atoms with Gasteiger partial charge in [0.1, 0.15) is 6.04 Å². The molecular weight excluding hydrogens is 420 g/mol. The van der Waals surface area contributed by atoms with Crippen molar-refractivity contribution in [3.63, 3.8) is 0 Å². The van der Waals surface area contributed by atoms with Gasteiger partial charge in [-0.15, -0.1) is 0 Å². The summed E-state index contributed by atoms with van der Waals surface area (Å²) in [6, 6.07) is 21.9. The second-order valence-electron chi connectivity index (χ2n) is 8.27. The van der Waals surface area contributed by atoms with Crippen LogP contribution in [0.4, 0.5) is 0 Å². The van der Waals surface area contributed by atoms with Gasteiger partial charge in [-0.1, -0.05) is 78.4 Å². The number of rotatable bonds is 8. The minimum Gasteiger partial charge on any atom is -0.340 e. The van der Waals surface area contributed by atoms with Gasteiger partial charge in [-0.2, -0.15) is 4.72 Å². The number of carbonyl (C=O) groups is 1. The Morgan fingerprint density at radius 3 is 1.91 bits per heavy atom. The fourth-order valence-corrected chi connectivity index (χ4v) is 5.71. The number of amides is 1. The third-order valence-electron chi connectivity index (χ3n) is 5.39. The predicted octanol–water partition coefficient (Wildman–Crippen LogP) is 4.16. The van der Waals surface area contributed by atoms with Crippen LogP contribution in [0, 0.1) is 20.8 Å². The molecule has 32 heavy (non-hydrogen) atoms. The minimum absolute atomic E-state index is 0.236. The van der Waals surface area contributed by atoms with Crippen molar-refractivity contribution in [3.8, 4) is 0 Å². The predicted molar refractivity (Wildman–Crippen MR) is 128 cm³/mol. The highest BCUT2D eigenvalue weighted by atomic mass is 32.2. The summed E-state index contributed by atoms with van der Waals surface area (Å²) in [5.41, 5.74) is 4.20. The Labute approximate surface area is 191 Å². The summed E-state index contributed by atoms with van der Waals surface area (Å²) < 4.78 is 29.5. The van der Waals surface area contributed by atoms with Crippen molar-refractivity contribution in [1.82, 2.24) is 9.62 Å². The monoisotopic (exact) mass is 450 g/mol. The van der Waals surface area contributed by atoms with E-state index in [0.717, 1.165) is 16.7 Å². The summed E-state index contributed by atoms with van der Waals surface area (Å²) in [6.45, 7) is 5.90. The second kappa shape index (κ2) is 10.1. The van der Waals surface area contributed by atoms with Gasteiger partial charge in [0.15, 0.2) is 0 Å². The molecule has 0 saturated carbocycles. The number of benzene rings is 3. The van der Waals surface area contributed by atoms with E-state index in [0.29, 0.717) is 17.7 Å². The van der Waals surface area contributed by atoms with Crippen molar-refractivity contribution < 1.29 is 13.2 Å². The average Bonchev–Trinajstić information content (AvgIpc) is 2.73. The molecule has 0 aliphatic heterocycles. The molecule has 3 aromatic carbocycles. The first-order chi connectivity index (χ1) is 15.2. The zero-order valence-electron chi connectivity index (χ0n) is 19.0. The van der Waals surface area contributed by atoms with Crippen LogP contribution in [0.3, 0.4) is 0 Å². The number of hydrogen-bond acceptors (Lipinski definition) is 3. The molecule has 168 valence electrons. The second-order valence-corrected chi connectivity index (χ2v) is 9.92. The van der Waals surface area contributed by atoms with Gasteiger partial charge >= 0.3 is 0 Å². The number of likely N-dealkylation sites (N-methyl/N-ethyl adjacent to an activating group) is 1. The molecule has 0 heterocycles. The quantitative estimate of drug-likeness (QED) is 0.560. The maximum atomic E-state index is 13.4. The molecule has 1 atom stereocenters. The number of sulfonamides is 1. The molecule has 0 bridgehead atoms. The highest BCUT2D eigenvalue weighted by Gasteiger charge is 2.30. The zero-order valence-corrected chi connectivity index (χ0v) is 19.8. The average molecular weight is 451 g/mol. The zero-order chi connectivity index (χ0) is 23.3. The van der Waals surface area contributed by atoms with E-state index in [1.54, 1.807) is 25.8 Å². The molecule has 3 rings (SSSR count). The normalized spacial score (nSPS) is 12.4. The van der Waals surface area contributed by atoms with Crippen LogP contribution in [0.2, 0.25) is 0 Å². The van der Waals surface area contributed by atoms with Crippen LogP contribution < -0.4 is 4.72 Å². The van der Waals surface area contributed by atoms with Gasteiger partial charge in [0, 0.05) is 13.6 Å². The summed E-state index contributed by atoms with van der Waals surface area (Å²) in [7, 11) is -2.21. The number of aryl methyl sites for hydroxylation is 3. The summed E-state index contributed by atoms with van der Waals surface area (Å²) in [6.07, 6.45) is 0.266. The fraction of sp³-hybridized carbons (Fsp3) is 0.269.